The molecule has 1 unspecified atom stereocenters. The van der Waals surface area contributed by atoms with Gasteiger partial charge in [-0.3, -0.25) is 0 Å². The van der Waals surface area contributed by atoms with Crippen LogP contribution in [0.25, 0.3) is 10.4 Å². The van der Waals surface area contributed by atoms with Gasteiger partial charge in [0.15, 0.2) is 0 Å². The summed E-state index contributed by atoms with van der Waals surface area (Å²) in [6.45, 7) is 8.71. The van der Waals surface area contributed by atoms with E-state index in [2.05, 4.69) is 39.0 Å². The molecule has 0 aliphatic rings. The van der Waals surface area contributed by atoms with Gasteiger partial charge in [0, 0.05) is 9.75 Å². The van der Waals surface area contributed by atoms with Gasteiger partial charge in [0.1, 0.15) is 0 Å². The maximum atomic E-state index is 10.1. The largest absolute Gasteiger partial charge is 0.388 e. The lowest BCUT2D eigenvalue weighted by atomic mass is 9.95. The van der Waals surface area contributed by atoms with Gasteiger partial charge in [0.05, 0.1) is 6.10 Å². The third-order valence-electron chi connectivity index (χ3n) is 3.32. The summed E-state index contributed by atoms with van der Waals surface area (Å²) in [4.78, 5) is 2.62. The van der Waals surface area contributed by atoms with Crippen LogP contribution in [0.2, 0.25) is 0 Å². The molecule has 0 fully saturated rings. The lowest BCUT2D eigenvalue weighted by Crippen LogP contribution is -2.07. The average Bonchev–Trinajstić information content (AvgIpc) is 2.87. The van der Waals surface area contributed by atoms with Crippen LogP contribution < -0.4 is 0 Å². The van der Waals surface area contributed by atoms with Gasteiger partial charge in [-0.05, 0) is 35.1 Å². The van der Waals surface area contributed by atoms with E-state index in [9.17, 15) is 5.11 Å². The van der Waals surface area contributed by atoms with Gasteiger partial charge in [-0.1, -0.05) is 52.0 Å². The molecule has 1 nitrogen and oxygen atoms in total. The Bertz CT molecular complexity index is 548. The highest BCUT2D eigenvalue weighted by molar-refractivity contribution is 7.15. The number of thiophene rings is 1. The maximum Gasteiger partial charge on any atom is 0.0793 e. The molecule has 2 rings (SSSR count). The second kappa shape index (κ2) is 5.48. The molecule has 0 saturated heterocycles. The molecule has 1 aromatic carbocycles. The Morgan fingerprint density at radius 3 is 2.37 bits per heavy atom. The molecular formula is C17H22OS. The first-order valence-corrected chi connectivity index (χ1v) is 7.63. The molecule has 0 saturated carbocycles. The second-order valence-electron chi connectivity index (χ2n) is 5.93. The Hall–Kier alpha value is -1.12. The summed E-state index contributed by atoms with van der Waals surface area (Å²) in [5.41, 5.74) is 2.38. The smallest absolute Gasteiger partial charge is 0.0793 e. The molecule has 0 radical (unpaired) electrons. The number of benzene rings is 1. The molecule has 2 heteroatoms. The van der Waals surface area contributed by atoms with E-state index < -0.39 is 0 Å². The minimum absolute atomic E-state index is 0.182. The van der Waals surface area contributed by atoms with Gasteiger partial charge < -0.3 is 5.11 Å². The zero-order chi connectivity index (χ0) is 14.0. The van der Waals surface area contributed by atoms with Gasteiger partial charge in [0.2, 0.25) is 0 Å². The van der Waals surface area contributed by atoms with E-state index in [1.165, 1.54) is 9.75 Å². The predicted molar refractivity (Wildman–Crippen MR) is 83.7 cm³/mol. The van der Waals surface area contributed by atoms with Gasteiger partial charge in [0.25, 0.3) is 0 Å². The summed E-state index contributed by atoms with van der Waals surface area (Å²) >= 11 is 1.82. The van der Waals surface area contributed by atoms with Crippen LogP contribution in [0.5, 0.6) is 0 Å². The molecule has 1 aromatic heterocycles. The fourth-order valence-corrected chi connectivity index (χ4v) is 3.23. The Morgan fingerprint density at radius 2 is 1.79 bits per heavy atom. The van der Waals surface area contributed by atoms with Crippen molar-refractivity contribution in [2.24, 2.45) is 0 Å². The van der Waals surface area contributed by atoms with Crippen molar-refractivity contribution in [3.63, 3.8) is 0 Å². The molecular weight excluding hydrogens is 252 g/mol. The van der Waals surface area contributed by atoms with Gasteiger partial charge in [-0.15, -0.1) is 11.3 Å². The van der Waals surface area contributed by atoms with Crippen molar-refractivity contribution in [3.8, 4) is 10.4 Å². The summed E-state index contributed by atoms with van der Waals surface area (Å²) in [5, 5.41) is 10.1. The fraction of sp³-hybridized carbons (Fsp3) is 0.412. The van der Waals surface area contributed by atoms with Crippen molar-refractivity contribution in [1.29, 1.82) is 0 Å². The van der Waals surface area contributed by atoms with Crippen LogP contribution in [0, 0.1) is 0 Å². The fourth-order valence-electron chi connectivity index (χ4n) is 2.12. The first-order chi connectivity index (χ1) is 8.93. The lowest BCUT2D eigenvalue weighted by molar-refractivity contribution is 0.174. The molecule has 0 aliphatic heterocycles. The summed E-state index contributed by atoms with van der Waals surface area (Å²) in [7, 11) is 0. The molecule has 1 atom stereocenters. The molecule has 0 spiro atoms. The first kappa shape index (κ1) is 14.3. The number of rotatable bonds is 3. The summed E-state index contributed by atoms with van der Waals surface area (Å²) in [6.07, 6.45) is 0.366. The molecule has 1 N–H and O–H groups in total. The number of hydrogen-bond donors (Lipinski definition) is 1. The zero-order valence-corrected chi connectivity index (χ0v) is 12.9. The highest BCUT2D eigenvalue weighted by Gasteiger charge is 2.18. The third-order valence-corrected chi connectivity index (χ3v) is 4.86. The summed E-state index contributed by atoms with van der Waals surface area (Å²) in [6, 6.07) is 12.5. The highest BCUT2D eigenvalue weighted by atomic mass is 32.1. The summed E-state index contributed by atoms with van der Waals surface area (Å²) in [5.74, 6) is 0. The van der Waals surface area contributed by atoms with Crippen molar-refractivity contribution in [2.75, 3.05) is 0 Å². The minimum Gasteiger partial charge on any atom is -0.388 e. The third kappa shape index (κ3) is 3.07. The number of aliphatic hydroxyl groups excluding tert-OH is 1. The average molecular weight is 274 g/mol. The van der Waals surface area contributed by atoms with Crippen molar-refractivity contribution >= 4 is 11.3 Å². The second-order valence-corrected chi connectivity index (χ2v) is 7.01. The van der Waals surface area contributed by atoms with Gasteiger partial charge in [-0.25, -0.2) is 0 Å². The van der Waals surface area contributed by atoms with E-state index in [1.807, 2.05) is 36.5 Å². The van der Waals surface area contributed by atoms with Gasteiger partial charge >= 0.3 is 0 Å². The standard InChI is InChI=1S/C17H22OS/c1-5-14(18)12-8-6-7-9-13(12)15-10-11-16(19-15)17(2,3)4/h6-11,14,18H,5H2,1-4H3. The molecule has 1 heterocycles. The lowest BCUT2D eigenvalue weighted by Gasteiger charge is -2.16. The van der Waals surface area contributed by atoms with Crippen LogP contribution in [0.15, 0.2) is 36.4 Å². The molecule has 0 bridgehead atoms. The quantitative estimate of drug-likeness (QED) is 0.820. The Kier molecular flexibility index (Phi) is 4.12. The van der Waals surface area contributed by atoms with E-state index in [1.54, 1.807) is 0 Å². The van der Waals surface area contributed by atoms with Crippen LogP contribution in [0.1, 0.15) is 50.7 Å². The van der Waals surface area contributed by atoms with Crippen LogP contribution in [-0.2, 0) is 5.41 Å². The zero-order valence-electron chi connectivity index (χ0n) is 12.1. The van der Waals surface area contributed by atoms with E-state index in [0.29, 0.717) is 0 Å². The topological polar surface area (TPSA) is 20.2 Å². The van der Waals surface area contributed by atoms with Crippen molar-refractivity contribution < 1.29 is 5.11 Å². The van der Waals surface area contributed by atoms with E-state index in [0.717, 1.165) is 17.5 Å². The van der Waals surface area contributed by atoms with E-state index in [-0.39, 0.29) is 11.5 Å². The highest BCUT2D eigenvalue weighted by Crippen LogP contribution is 2.38. The van der Waals surface area contributed by atoms with Crippen molar-refractivity contribution in [2.45, 2.75) is 45.6 Å². The van der Waals surface area contributed by atoms with Crippen molar-refractivity contribution in [1.82, 2.24) is 0 Å². The Morgan fingerprint density at radius 1 is 1.11 bits per heavy atom. The van der Waals surface area contributed by atoms with E-state index >= 15 is 0 Å². The van der Waals surface area contributed by atoms with Crippen LogP contribution in [0.3, 0.4) is 0 Å². The Labute approximate surface area is 119 Å². The van der Waals surface area contributed by atoms with Crippen LogP contribution >= 0.6 is 11.3 Å². The normalized spacial score (nSPS) is 13.5. The van der Waals surface area contributed by atoms with Crippen LogP contribution in [-0.4, -0.2) is 5.11 Å². The van der Waals surface area contributed by atoms with Crippen LogP contribution in [0.4, 0.5) is 0 Å². The Balaban J connectivity index is 2.45. The first-order valence-electron chi connectivity index (χ1n) is 6.81. The predicted octanol–water partition coefficient (Wildman–Crippen LogP) is 5.16. The molecule has 102 valence electrons. The maximum absolute atomic E-state index is 10.1. The number of aliphatic hydroxyl groups is 1. The molecule has 0 aliphatic carbocycles. The number of hydrogen-bond acceptors (Lipinski definition) is 2. The molecule has 0 amide bonds. The minimum atomic E-state index is -0.378. The van der Waals surface area contributed by atoms with Crippen molar-refractivity contribution in [3.05, 3.63) is 46.8 Å². The molecule has 19 heavy (non-hydrogen) atoms. The van der Waals surface area contributed by atoms with Gasteiger partial charge in [-0.2, -0.15) is 0 Å². The SMILES string of the molecule is CCC(O)c1ccccc1-c1ccc(C(C)(C)C)s1. The summed E-state index contributed by atoms with van der Waals surface area (Å²) < 4.78 is 0. The van der Waals surface area contributed by atoms with E-state index in [4.69, 9.17) is 0 Å². The monoisotopic (exact) mass is 274 g/mol. The molecule has 2 aromatic rings.